The lowest BCUT2D eigenvalue weighted by atomic mass is 9.98. The second-order valence-corrected chi connectivity index (χ2v) is 5.49. The lowest BCUT2D eigenvalue weighted by molar-refractivity contribution is 0.463. The Morgan fingerprint density at radius 1 is 0.800 bits per heavy atom. The Bertz CT molecular complexity index is 587. The van der Waals surface area contributed by atoms with Gasteiger partial charge in [0.1, 0.15) is 11.5 Å². The van der Waals surface area contributed by atoms with Crippen molar-refractivity contribution in [2.75, 3.05) is 0 Å². The Labute approximate surface area is 121 Å². The van der Waals surface area contributed by atoms with Gasteiger partial charge in [-0.25, -0.2) is 0 Å². The molecule has 0 fully saturated rings. The first-order chi connectivity index (χ1) is 9.65. The van der Waals surface area contributed by atoms with E-state index in [-0.39, 0.29) is 11.5 Å². The van der Waals surface area contributed by atoms with Gasteiger partial charge in [-0.15, -0.1) is 0 Å². The van der Waals surface area contributed by atoms with Crippen molar-refractivity contribution in [3.63, 3.8) is 0 Å². The van der Waals surface area contributed by atoms with Crippen LogP contribution < -0.4 is 0 Å². The molecule has 0 aliphatic rings. The first kappa shape index (κ1) is 14.7. The van der Waals surface area contributed by atoms with E-state index in [1.54, 1.807) is 12.1 Å². The van der Waals surface area contributed by atoms with Gasteiger partial charge in [-0.2, -0.15) is 0 Å². The Hall–Kier alpha value is -1.70. The molecule has 0 saturated carbocycles. The van der Waals surface area contributed by atoms with Crippen molar-refractivity contribution in [3.8, 4) is 11.5 Å². The first-order valence-corrected chi connectivity index (χ1v) is 7.63. The summed E-state index contributed by atoms with van der Waals surface area (Å²) in [7, 11) is 0. The van der Waals surface area contributed by atoms with Gasteiger partial charge in [-0.1, -0.05) is 45.2 Å². The Kier molecular flexibility index (Phi) is 4.89. The van der Waals surface area contributed by atoms with Crippen LogP contribution in [0.15, 0.2) is 24.3 Å². The molecule has 20 heavy (non-hydrogen) atoms. The first-order valence-electron chi connectivity index (χ1n) is 7.63. The van der Waals surface area contributed by atoms with E-state index in [0.717, 1.165) is 35.8 Å². The van der Waals surface area contributed by atoms with Gasteiger partial charge < -0.3 is 10.2 Å². The standard InChI is InChI=1S/C18H24O2/c1-3-5-6-7-8-14-10-15-9-13(4-2)11-16(19)18(15)17(20)12-14/h9-12,19-20H,3-8H2,1-2H3. The van der Waals surface area contributed by atoms with Gasteiger partial charge in [0.2, 0.25) is 0 Å². The molecule has 2 aromatic rings. The van der Waals surface area contributed by atoms with E-state index in [4.69, 9.17) is 0 Å². The summed E-state index contributed by atoms with van der Waals surface area (Å²) >= 11 is 0. The summed E-state index contributed by atoms with van der Waals surface area (Å²) < 4.78 is 0. The minimum Gasteiger partial charge on any atom is -0.507 e. The van der Waals surface area contributed by atoms with E-state index in [2.05, 4.69) is 26.0 Å². The maximum Gasteiger partial charge on any atom is 0.127 e. The zero-order valence-corrected chi connectivity index (χ0v) is 12.4. The molecule has 0 atom stereocenters. The quantitative estimate of drug-likeness (QED) is 0.731. The normalized spacial score (nSPS) is 11.1. The maximum atomic E-state index is 10.1. The number of fused-ring (bicyclic) bond motifs is 1. The monoisotopic (exact) mass is 272 g/mol. The summed E-state index contributed by atoms with van der Waals surface area (Å²) in [5.41, 5.74) is 2.25. The summed E-state index contributed by atoms with van der Waals surface area (Å²) in [5.74, 6) is 0.363. The number of phenolic OH excluding ortho intramolecular Hbond substituents is 2. The molecule has 0 aromatic heterocycles. The molecule has 2 N–H and O–H groups in total. The van der Waals surface area contributed by atoms with Crippen molar-refractivity contribution < 1.29 is 10.2 Å². The SMILES string of the molecule is CCCCCCc1cc(O)c2c(O)cc(CC)cc2c1. The van der Waals surface area contributed by atoms with Crippen LogP contribution in [-0.4, -0.2) is 10.2 Å². The van der Waals surface area contributed by atoms with Crippen molar-refractivity contribution in [3.05, 3.63) is 35.4 Å². The Morgan fingerprint density at radius 3 is 2.10 bits per heavy atom. The minimum absolute atomic E-state index is 0.175. The molecule has 0 saturated heterocycles. The molecule has 0 unspecified atom stereocenters. The molecule has 0 radical (unpaired) electrons. The van der Waals surface area contributed by atoms with Crippen molar-refractivity contribution in [1.82, 2.24) is 0 Å². The third kappa shape index (κ3) is 3.24. The van der Waals surface area contributed by atoms with Crippen LogP contribution in [0.4, 0.5) is 0 Å². The van der Waals surface area contributed by atoms with Crippen LogP contribution >= 0.6 is 0 Å². The van der Waals surface area contributed by atoms with Gasteiger partial charge in [-0.05, 0) is 47.9 Å². The molecular formula is C18H24O2. The second kappa shape index (κ2) is 6.65. The molecule has 2 heteroatoms. The number of aryl methyl sites for hydroxylation is 2. The molecule has 2 rings (SSSR count). The molecular weight excluding hydrogens is 248 g/mol. The number of phenols is 2. The third-order valence-corrected chi connectivity index (χ3v) is 3.85. The molecule has 0 heterocycles. The van der Waals surface area contributed by atoms with Crippen LogP contribution in [0.2, 0.25) is 0 Å². The predicted molar refractivity (Wildman–Crippen MR) is 84.5 cm³/mol. The van der Waals surface area contributed by atoms with Crippen LogP contribution in [0.3, 0.4) is 0 Å². The largest absolute Gasteiger partial charge is 0.507 e. The van der Waals surface area contributed by atoms with Gasteiger partial charge in [0.15, 0.2) is 0 Å². The minimum atomic E-state index is 0.175. The molecule has 0 aliphatic heterocycles. The van der Waals surface area contributed by atoms with Crippen LogP contribution in [-0.2, 0) is 12.8 Å². The van der Waals surface area contributed by atoms with Crippen molar-refractivity contribution >= 4 is 10.8 Å². The van der Waals surface area contributed by atoms with Gasteiger partial charge in [-0.3, -0.25) is 0 Å². The van der Waals surface area contributed by atoms with Gasteiger partial charge in [0.25, 0.3) is 0 Å². The fourth-order valence-corrected chi connectivity index (χ4v) is 2.70. The number of aromatic hydroxyl groups is 2. The van der Waals surface area contributed by atoms with E-state index in [0.29, 0.717) is 5.39 Å². The second-order valence-electron chi connectivity index (χ2n) is 5.49. The Morgan fingerprint density at radius 2 is 1.45 bits per heavy atom. The zero-order chi connectivity index (χ0) is 14.5. The number of rotatable bonds is 6. The van der Waals surface area contributed by atoms with Crippen molar-refractivity contribution in [1.29, 1.82) is 0 Å². The van der Waals surface area contributed by atoms with Crippen LogP contribution in [0, 0.1) is 0 Å². The molecule has 2 nitrogen and oxygen atoms in total. The Balaban J connectivity index is 2.30. The summed E-state index contributed by atoms with van der Waals surface area (Å²) in [6.07, 6.45) is 6.75. The maximum absolute atomic E-state index is 10.1. The smallest absolute Gasteiger partial charge is 0.127 e. The highest BCUT2D eigenvalue weighted by Crippen LogP contribution is 2.35. The summed E-state index contributed by atoms with van der Waals surface area (Å²) in [4.78, 5) is 0. The van der Waals surface area contributed by atoms with Gasteiger partial charge >= 0.3 is 0 Å². The zero-order valence-electron chi connectivity index (χ0n) is 12.4. The lowest BCUT2D eigenvalue weighted by Gasteiger charge is -2.10. The molecule has 0 aliphatic carbocycles. The van der Waals surface area contributed by atoms with Crippen molar-refractivity contribution in [2.45, 2.75) is 52.4 Å². The van der Waals surface area contributed by atoms with Crippen LogP contribution in [0.5, 0.6) is 11.5 Å². The van der Waals surface area contributed by atoms with Gasteiger partial charge in [0, 0.05) is 0 Å². The highest BCUT2D eigenvalue weighted by Gasteiger charge is 2.09. The van der Waals surface area contributed by atoms with E-state index in [9.17, 15) is 10.2 Å². The number of unbranched alkanes of at least 4 members (excludes halogenated alkanes) is 3. The summed E-state index contributed by atoms with van der Waals surface area (Å²) in [5, 5.41) is 21.7. The van der Waals surface area contributed by atoms with Crippen LogP contribution in [0.1, 0.15) is 50.7 Å². The van der Waals surface area contributed by atoms with E-state index < -0.39 is 0 Å². The van der Waals surface area contributed by atoms with Crippen LogP contribution in [0.25, 0.3) is 10.8 Å². The van der Waals surface area contributed by atoms with E-state index in [1.165, 1.54) is 19.3 Å². The molecule has 0 spiro atoms. The van der Waals surface area contributed by atoms with Crippen molar-refractivity contribution in [2.24, 2.45) is 0 Å². The average Bonchev–Trinajstić information content (AvgIpc) is 2.42. The predicted octanol–water partition coefficient (Wildman–Crippen LogP) is 4.94. The molecule has 2 aromatic carbocycles. The summed E-state index contributed by atoms with van der Waals surface area (Å²) in [6.45, 7) is 4.27. The molecule has 108 valence electrons. The molecule has 0 bridgehead atoms. The fourth-order valence-electron chi connectivity index (χ4n) is 2.70. The third-order valence-electron chi connectivity index (χ3n) is 3.85. The highest BCUT2D eigenvalue weighted by atomic mass is 16.3. The molecule has 0 amide bonds. The van der Waals surface area contributed by atoms with E-state index >= 15 is 0 Å². The number of hydrogen-bond donors (Lipinski definition) is 2. The summed E-state index contributed by atoms with van der Waals surface area (Å²) in [6, 6.07) is 7.69. The lowest BCUT2D eigenvalue weighted by Crippen LogP contribution is -1.89. The number of hydrogen-bond acceptors (Lipinski definition) is 2. The number of benzene rings is 2. The average molecular weight is 272 g/mol. The van der Waals surface area contributed by atoms with Gasteiger partial charge in [0.05, 0.1) is 5.39 Å². The van der Waals surface area contributed by atoms with E-state index in [1.807, 2.05) is 0 Å². The topological polar surface area (TPSA) is 40.5 Å². The fraction of sp³-hybridized carbons (Fsp3) is 0.444. The highest BCUT2D eigenvalue weighted by molar-refractivity contribution is 5.94.